The first-order valence-corrected chi connectivity index (χ1v) is 11.4. The zero-order valence-electron chi connectivity index (χ0n) is 19.1. The van der Waals surface area contributed by atoms with E-state index in [1.54, 1.807) is 6.20 Å². The molecule has 0 aliphatic carbocycles. The molecule has 3 rings (SSSR count). The lowest BCUT2D eigenvalue weighted by atomic mass is 10.0. The Balaban J connectivity index is 1.65. The van der Waals surface area contributed by atoms with Crippen molar-refractivity contribution in [2.45, 2.75) is 50.2 Å². The molecular formula is C23H30N6O6. The van der Waals surface area contributed by atoms with E-state index in [4.69, 9.17) is 5.73 Å². The van der Waals surface area contributed by atoms with E-state index in [0.717, 1.165) is 29.4 Å². The summed E-state index contributed by atoms with van der Waals surface area (Å²) in [5, 5.41) is 20.7. The fraction of sp³-hybridized carbons (Fsp3) is 0.435. The standard InChI is InChI=1S/C23H30N6O6/c24-19(30)8-7-17(23(34)35)28-20(31)12-27-21(32)18(29-22(33)16-6-3-9-25-16)10-13-11-26-15-5-2-1-4-14(13)15/h1-2,4-5,11,16-18,25-26H,3,6-10,12H2,(H2,24,30)(H,27,32)(H,28,31)(H,29,33)(H,34,35). The molecule has 188 valence electrons. The van der Waals surface area contributed by atoms with E-state index in [2.05, 4.69) is 26.3 Å². The number of hydrogen-bond acceptors (Lipinski definition) is 6. The molecule has 12 nitrogen and oxygen atoms in total. The first kappa shape index (κ1) is 25.7. The summed E-state index contributed by atoms with van der Waals surface area (Å²) in [4.78, 5) is 63.3. The summed E-state index contributed by atoms with van der Waals surface area (Å²) < 4.78 is 0. The molecule has 1 aliphatic heterocycles. The zero-order chi connectivity index (χ0) is 25.4. The number of benzene rings is 1. The van der Waals surface area contributed by atoms with Gasteiger partial charge in [-0.05, 0) is 37.4 Å². The van der Waals surface area contributed by atoms with Gasteiger partial charge >= 0.3 is 5.97 Å². The summed E-state index contributed by atoms with van der Waals surface area (Å²) in [6, 6.07) is 4.89. The number of para-hydroxylation sites is 1. The van der Waals surface area contributed by atoms with Crippen LogP contribution in [0.2, 0.25) is 0 Å². The van der Waals surface area contributed by atoms with Crippen LogP contribution in [-0.2, 0) is 30.4 Å². The topological polar surface area (TPSA) is 196 Å². The Bertz CT molecular complexity index is 1090. The fourth-order valence-corrected chi connectivity index (χ4v) is 3.99. The third-order valence-electron chi connectivity index (χ3n) is 5.84. The van der Waals surface area contributed by atoms with Crippen molar-refractivity contribution in [3.63, 3.8) is 0 Å². The van der Waals surface area contributed by atoms with Crippen molar-refractivity contribution in [3.05, 3.63) is 36.0 Å². The van der Waals surface area contributed by atoms with Crippen LogP contribution in [0.1, 0.15) is 31.2 Å². The van der Waals surface area contributed by atoms with Crippen LogP contribution in [0.15, 0.2) is 30.5 Å². The number of hydrogen-bond donors (Lipinski definition) is 7. The number of fused-ring (bicyclic) bond motifs is 1. The van der Waals surface area contributed by atoms with Gasteiger partial charge in [-0.15, -0.1) is 0 Å². The Hall–Kier alpha value is -3.93. The highest BCUT2D eigenvalue weighted by Crippen LogP contribution is 2.19. The lowest BCUT2D eigenvalue weighted by Gasteiger charge is -2.21. The van der Waals surface area contributed by atoms with Gasteiger partial charge in [-0.1, -0.05) is 18.2 Å². The highest BCUT2D eigenvalue weighted by molar-refractivity contribution is 5.93. The molecule has 0 radical (unpaired) electrons. The van der Waals surface area contributed by atoms with Crippen LogP contribution in [0.4, 0.5) is 0 Å². The van der Waals surface area contributed by atoms with Gasteiger partial charge in [0.1, 0.15) is 12.1 Å². The number of aromatic amines is 1. The van der Waals surface area contributed by atoms with Crippen LogP contribution in [0.5, 0.6) is 0 Å². The lowest BCUT2D eigenvalue weighted by Crippen LogP contribution is -2.54. The summed E-state index contributed by atoms with van der Waals surface area (Å²) in [7, 11) is 0. The van der Waals surface area contributed by atoms with Crippen molar-refractivity contribution in [2.24, 2.45) is 5.73 Å². The molecule has 2 heterocycles. The number of carbonyl (C=O) groups excluding carboxylic acids is 4. The molecule has 1 aromatic heterocycles. The third kappa shape index (κ3) is 7.27. The SMILES string of the molecule is NC(=O)CCC(NC(=O)CNC(=O)C(Cc1c[nH]c2ccccc12)NC(=O)C1CCCN1)C(=O)O. The van der Waals surface area contributed by atoms with Gasteiger partial charge in [0.2, 0.25) is 23.6 Å². The molecule has 1 fully saturated rings. The second-order valence-corrected chi connectivity index (χ2v) is 8.45. The number of H-pyrrole nitrogens is 1. The molecule has 4 amide bonds. The van der Waals surface area contributed by atoms with E-state index in [1.807, 2.05) is 24.3 Å². The van der Waals surface area contributed by atoms with Gasteiger partial charge in [0.05, 0.1) is 12.6 Å². The second-order valence-electron chi connectivity index (χ2n) is 8.45. The van der Waals surface area contributed by atoms with Crippen LogP contribution in [0.3, 0.4) is 0 Å². The van der Waals surface area contributed by atoms with Gasteiger partial charge in [0.15, 0.2) is 0 Å². The van der Waals surface area contributed by atoms with Crippen molar-refractivity contribution in [1.82, 2.24) is 26.3 Å². The maximum atomic E-state index is 13.0. The van der Waals surface area contributed by atoms with Gasteiger partial charge < -0.3 is 37.1 Å². The molecule has 0 saturated carbocycles. The van der Waals surface area contributed by atoms with Crippen molar-refractivity contribution < 1.29 is 29.1 Å². The number of amides is 4. The molecular weight excluding hydrogens is 456 g/mol. The first-order chi connectivity index (χ1) is 16.7. The molecule has 0 spiro atoms. The van der Waals surface area contributed by atoms with E-state index in [1.165, 1.54) is 0 Å². The predicted molar refractivity (Wildman–Crippen MR) is 126 cm³/mol. The van der Waals surface area contributed by atoms with E-state index in [-0.39, 0.29) is 25.2 Å². The Kier molecular flexibility index (Phi) is 8.79. The maximum absolute atomic E-state index is 13.0. The molecule has 1 saturated heterocycles. The zero-order valence-corrected chi connectivity index (χ0v) is 19.1. The summed E-state index contributed by atoms with van der Waals surface area (Å²) in [6.45, 7) is 0.221. The number of carbonyl (C=O) groups is 5. The molecule has 1 aliphatic rings. The summed E-state index contributed by atoms with van der Waals surface area (Å²) in [6.07, 6.45) is 3.10. The summed E-state index contributed by atoms with van der Waals surface area (Å²) in [5.74, 6) is -3.64. The van der Waals surface area contributed by atoms with Gasteiger partial charge in [0.25, 0.3) is 0 Å². The minimum atomic E-state index is -1.32. The molecule has 1 aromatic carbocycles. The van der Waals surface area contributed by atoms with Crippen molar-refractivity contribution in [1.29, 1.82) is 0 Å². The van der Waals surface area contributed by atoms with Crippen molar-refractivity contribution in [2.75, 3.05) is 13.1 Å². The quantitative estimate of drug-likeness (QED) is 0.198. The molecule has 3 atom stereocenters. The van der Waals surface area contributed by atoms with E-state index in [9.17, 15) is 29.1 Å². The number of rotatable bonds is 12. The maximum Gasteiger partial charge on any atom is 0.326 e. The largest absolute Gasteiger partial charge is 0.480 e. The molecule has 8 N–H and O–H groups in total. The number of aromatic nitrogens is 1. The van der Waals surface area contributed by atoms with Crippen LogP contribution < -0.4 is 27.0 Å². The fourth-order valence-electron chi connectivity index (χ4n) is 3.99. The number of nitrogens with one attached hydrogen (secondary N) is 5. The molecule has 3 unspecified atom stereocenters. The van der Waals surface area contributed by atoms with E-state index < -0.39 is 48.4 Å². The number of carboxylic acids is 1. The second kappa shape index (κ2) is 12.0. The summed E-state index contributed by atoms with van der Waals surface area (Å²) >= 11 is 0. The monoisotopic (exact) mass is 486 g/mol. The number of carboxylic acid groups (broad SMARTS) is 1. The molecule has 12 heteroatoms. The predicted octanol–water partition coefficient (Wildman–Crippen LogP) is -1.10. The highest BCUT2D eigenvalue weighted by Gasteiger charge is 2.29. The Labute approximate surface area is 201 Å². The lowest BCUT2D eigenvalue weighted by molar-refractivity contribution is -0.142. The molecule has 0 bridgehead atoms. The number of nitrogens with two attached hydrogens (primary N) is 1. The van der Waals surface area contributed by atoms with Crippen molar-refractivity contribution in [3.8, 4) is 0 Å². The van der Waals surface area contributed by atoms with Gasteiger partial charge in [-0.25, -0.2) is 4.79 Å². The van der Waals surface area contributed by atoms with E-state index in [0.29, 0.717) is 6.42 Å². The van der Waals surface area contributed by atoms with Crippen LogP contribution >= 0.6 is 0 Å². The average molecular weight is 487 g/mol. The Morgan fingerprint density at radius 3 is 2.57 bits per heavy atom. The van der Waals surface area contributed by atoms with Gasteiger partial charge in [-0.3, -0.25) is 19.2 Å². The molecule has 35 heavy (non-hydrogen) atoms. The Morgan fingerprint density at radius 2 is 1.89 bits per heavy atom. The molecule has 2 aromatic rings. The van der Waals surface area contributed by atoms with Crippen LogP contribution in [-0.4, -0.2) is 70.9 Å². The Morgan fingerprint density at radius 1 is 1.11 bits per heavy atom. The highest BCUT2D eigenvalue weighted by atomic mass is 16.4. The average Bonchev–Trinajstić information content (AvgIpc) is 3.50. The summed E-state index contributed by atoms with van der Waals surface area (Å²) in [5.41, 5.74) is 6.75. The minimum Gasteiger partial charge on any atom is -0.480 e. The van der Waals surface area contributed by atoms with Crippen molar-refractivity contribution >= 4 is 40.5 Å². The normalized spacial score (nSPS) is 16.9. The smallest absolute Gasteiger partial charge is 0.326 e. The number of primary amides is 1. The van der Waals surface area contributed by atoms with E-state index >= 15 is 0 Å². The van der Waals surface area contributed by atoms with Gasteiger partial charge in [-0.2, -0.15) is 0 Å². The minimum absolute atomic E-state index is 0.169. The van der Waals surface area contributed by atoms with Gasteiger partial charge in [0, 0.05) is 29.9 Å². The van der Waals surface area contributed by atoms with Crippen LogP contribution in [0.25, 0.3) is 10.9 Å². The first-order valence-electron chi connectivity index (χ1n) is 11.4. The number of aliphatic carboxylic acids is 1. The third-order valence-corrected chi connectivity index (χ3v) is 5.84. The van der Waals surface area contributed by atoms with Crippen LogP contribution in [0, 0.1) is 0 Å².